The first-order valence-electron chi connectivity index (χ1n) is 9.98. The Bertz CT molecular complexity index is 1130. The Labute approximate surface area is 184 Å². The maximum Gasteiger partial charge on any atom is 0.334 e. The second-order valence-corrected chi connectivity index (χ2v) is 7.54. The largest absolute Gasteiger partial charge is 0.480 e. The van der Waals surface area contributed by atoms with Gasteiger partial charge in [0.1, 0.15) is 6.04 Å². The minimum Gasteiger partial charge on any atom is -0.480 e. The highest BCUT2D eigenvalue weighted by Gasteiger charge is 2.24. The van der Waals surface area contributed by atoms with Crippen molar-refractivity contribution in [2.75, 3.05) is 13.6 Å². The van der Waals surface area contributed by atoms with Crippen molar-refractivity contribution in [2.45, 2.75) is 18.6 Å². The lowest BCUT2D eigenvalue weighted by atomic mass is 9.98. The molecule has 1 unspecified atom stereocenters. The van der Waals surface area contributed by atoms with E-state index >= 15 is 0 Å². The third-order valence-corrected chi connectivity index (χ3v) is 5.15. The predicted octanol–water partition coefficient (Wildman–Crippen LogP) is 2.59. The number of nitrogens with zero attached hydrogens (tertiary/aromatic N) is 1. The van der Waals surface area contributed by atoms with E-state index in [1.54, 1.807) is 0 Å². The van der Waals surface area contributed by atoms with Crippen LogP contribution in [0.1, 0.15) is 5.56 Å². The molecule has 0 aliphatic carbocycles. The van der Waals surface area contributed by atoms with Crippen LogP contribution in [0.2, 0.25) is 0 Å². The summed E-state index contributed by atoms with van der Waals surface area (Å²) < 4.78 is 0. The van der Waals surface area contributed by atoms with Gasteiger partial charge in [-0.15, -0.1) is 0 Å². The van der Waals surface area contributed by atoms with Gasteiger partial charge in [0.25, 0.3) is 0 Å². The summed E-state index contributed by atoms with van der Waals surface area (Å²) in [5.74, 6) is -2.69. The van der Waals surface area contributed by atoms with Crippen molar-refractivity contribution in [2.24, 2.45) is 0 Å². The number of urea groups is 1. The lowest BCUT2D eigenvalue weighted by Gasteiger charge is -2.22. The number of aliphatic hydroxyl groups is 1. The number of fused-ring (bicyclic) bond motifs is 1. The summed E-state index contributed by atoms with van der Waals surface area (Å²) in [4.78, 5) is 35.5. The van der Waals surface area contributed by atoms with Crippen LogP contribution in [0.3, 0.4) is 0 Å². The summed E-state index contributed by atoms with van der Waals surface area (Å²) in [6, 6.07) is 19.6. The van der Waals surface area contributed by atoms with E-state index in [1.807, 2.05) is 60.7 Å². The summed E-state index contributed by atoms with van der Waals surface area (Å²) in [6.45, 7) is -0.464. The predicted molar refractivity (Wildman–Crippen MR) is 119 cm³/mol. The van der Waals surface area contributed by atoms with E-state index in [0.29, 0.717) is 0 Å². The SMILES string of the molecule is CN(CC(O)C(=O)O)C(=O)N[C@@H](Cc1ccc(-c2ccc3ccccc3c2)cc1)C(=O)O. The van der Waals surface area contributed by atoms with Crippen molar-refractivity contribution in [3.05, 3.63) is 72.3 Å². The van der Waals surface area contributed by atoms with E-state index in [4.69, 9.17) is 5.11 Å². The molecule has 0 spiro atoms. The highest BCUT2D eigenvalue weighted by Crippen LogP contribution is 2.25. The molecule has 166 valence electrons. The topological polar surface area (TPSA) is 127 Å². The molecule has 3 aromatic rings. The molecule has 0 heterocycles. The van der Waals surface area contributed by atoms with Gasteiger partial charge in [0.15, 0.2) is 6.10 Å². The number of nitrogens with one attached hydrogen (secondary N) is 1. The van der Waals surface area contributed by atoms with Gasteiger partial charge < -0.3 is 25.5 Å². The average molecular weight is 436 g/mol. The van der Waals surface area contributed by atoms with Gasteiger partial charge in [-0.05, 0) is 33.5 Å². The highest BCUT2D eigenvalue weighted by atomic mass is 16.4. The number of carboxylic acid groups (broad SMARTS) is 2. The van der Waals surface area contributed by atoms with Gasteiger partial charge in [-0.1, -0.05) is 60.7 Å². The van der Waals surface area contributed by atoms with Gasteiger partial charge in [0.05, 0.1) is 6.54 Å². The molecule has 0 radical (unpaired) electrons. The fraction of sp³-hybridized carbons (Fsp3) is 0.208. The van der Waals surface area contributed by atoms with Gasteiger partial charge >= 0.3 is 18.0 Å². The first-order chi connectivity index (χ1) is 15.2. The molecule has 2 atom stereocenters. The molecule has 3 rings (SSSR count). The number of rotatable bonds is 8. The molecule has 8 heteroatoms. The average Bonchev–Trinajstić information content (AvgIpc) is 2.78. The smallest absolute Gasteiger partial charge is 0.334 e. The van der Waals surface area contributed by atoms with Crippen LogP contribution in [0.15, 0.2) is 66.7 Å². The maximum absolute atomic E-state index is 12.2. The molecule has 3 aromatic carbocycles. The fourth-order valence-electron chi connectivity index (χ4n) is 3.32. The molecule has 0 aromatic heterocycles. The summed E-state index contributed by atoms with van der Waals surface area (Å²) in [5.41, 5.74) is 2.74. The van der Waals surface area contributed by atoms with Crippen LogP contribution >= 0.6 is 0 Å². The van der Waals surface area contributed by atoms with Gasteiger partial charge in [0.2, 0.25) is 0 Å². The number of carboxylic acids is 2. The van der Waals surface area contributed by atoms with E-state index in [9.17, 15) is 24.6 Å². The number of hydrogen-bond acceptors (Lipinski definition) is 4. The first kappa shape index (κ1) is 22.8. The van der Waals surface area contributed by atoms with Gasteiger partial charge in [0, 0.05) is 13.5 Å². The third-order valence-electron chi connectivity index (χ3n) is 5.15. The van der Waals surface area contributed by atoms with Crippen LogP contribution < -0.4 is 5.32 Å². The zero-order valence-corrected chi connectivity index (χ0v) is 17.4. The van der Waals surface area contributed by atoms with Crippen molar-refractivity contribution >= 4 is 28.7 Å². The van der Waals surface area contributed by atoms with E-state index < -0.39 is 36.7 Å². The van der Waals surface area contributed by atoms with Crippen LogP contribution in [-0.4, -0.2) is 63.9 Å². The molecule has 0 aliphatic heterocycles. The highest BCUT2D eigenvalue weighted by molar-refractivity contribution is 5.87. The van der Waals surface area contributed by atoms with Crippen LogP contribution in [-0.2, 0) is 16.0 Å². The number of benzene rings is 3. The van der Waals surface area contributed by atoms with Crippen LogP contribution in [0.4, 0.5) is 4.79 Å². The molecular formula is C24H24N2O6. The Morgan fingerprint density at radius 2 is 1.50 bits per heavy atom. The van der Waals surface area contributed by atoms with Crippen molar-refractivity contribution in [1.29, 1.82) is 0 Å². The van der Waals surface area contributed by atoms with Crippen LogP contribution in [0.25, 0.3) is 21.9 Å². The molecule has 4 N–H and O–H groups in total. The Morgan fingerprint density at radius 3 is 2.12 bits per heavy atom. The fourth-order valence-corrected chi connectivity index (χ4v) is 3.32. The summed E-state index contributed by atoms with van der Waals surface area (Å²) >= 11 is 0. The van der Waals surface area contributed by atoms with Crippen molar-refractivity contribution in [3.63, 3.8) is 0 Å². The van der Waals surface area contributed by atoms with E-state index in [2.05, 4.69) is 11.4 Å². The lowest BCUT2D eigenvalue weighted by molar-refractivity contribution is -0.147. The summed E-state index contributed by atoms with van der Waals surface area (Å²) in [7, 11) is 1.28. The second kappa shape index (κ2) is 9.93. The number of likely N-dealkylation sites (N-methyl/N-ethyl adjacent to an activating group) is 1. The molecule has 32 heavy (non-hydrogen) atoms. The zero-order chi connectivity index (χ0) is 23.3. The number of hydrogen-bond donors (Lipinski definition) is 4. The van der Waals surface area contributed by atoms with Gasteiger partial charge in [-0.3, -0.25) is 0 Å². The Hall–Kier alpha value is -3.91. The summed E-state index contributed by atoms with van der Waals surface area (Å²) in [5, 5.41) is 32.2. The molecule has 0 aliphatic rings. The quantitative estimate of drug-likeness (QED) is 0.430. The number of carbonyl (C=O) groups is 3. The van der Waals surface area contributed by atoms with Crippen molar-refractivity contribution in [1.82, 2.24) is 10.2 Å². The first-order valence-corrected chi connectivity index (χ1v) is 9.98. The standard InChI is InChI=1S/C24H24N2O6/c1-26(14-21(27)23(30)31)24(32)25-20(22(28)29)12-15-6-8-17(9-7-15)19-11-10-16-4-2-3-5-18(16)13-19/h2-11,13,20-21,27H,12,14H2,1H3,(H,25,32)(H,28,29)(H,30,31)/t20-,21?/m0/s1. The summed E-state index contributed by atoms with van der Waals surface area (Å²) in [6.07, 6.45) is -1.70. The minimum atomic E-state index is -1.75. The number of aliphatic carboxylic acids is 2. The minimum absolute atomic E-state index is 0.0500. The number of amides is 2. The van der Waals surface area contributed by atoms with Gasteiger partial charge in [-0.2, -0.15) is 0 Å². The van der Waals surface area contributed by atoms with E-state index in [-0.39, 0.29) is 6.42 Å². The molecular weight excluding hydrogens is 412 g/mol. The number of aliphatic hydroxyl groups excluding tert-OH is 1. The maximum atomic E-state index is 12.2. The van der Waals surface area contributed by atoms with E-state index in [0.717, 1.165) is 32.4 Å². The Kier molecular flexibility index (Phi) is 7.07. The van der Waals surface area contributed by atoms with Gasteiger partial charge in [-0.25, -0.2) is 14.4 Å². The lowest BCUT2D eigenvalue weighted by Crippen LogP contribution is -2.50. The molecule has 2 amide bonds. The molecule has 0 saturated carbocycles. The molecule has 0 fully saturated rings. The number of carbonyl (C=O) groups excluding carboxylic acids is 1. The molecule has 8 nitrogen and oxygen atoms in total. The Morgan fingerprint density at radius 1 is 0.875 bits per heavy atom. The normalized spacial score (nSPS) is 12.7. The van der Waals surface area contributed by atoms with Crippen molar-refractivity contribution in [3.8, 4) is 11.1 Å². The van der Waals surface area contributed by atoms with E-state index in [1.165, 1.54) is 7.05 Å². The van der Waals surface area contributed by atoms with Crippen LogP contribution in [0.5, 0.6) is 0 Å². The monoisotopic (exact) mass is 436 g/mol. The Balaban J connectivity index is 1.68. The second-order valence-electron chi connectivity index (χ2n) is 7.54. The van der Waals surface area contributed by atoms with Crippen LogP contribution in [0, 0.1) is 0 Å². The van der Waals surface area contributed by atoms with Crippen molar-refractivity contribution < 1.29 is 29.7 Å². The third kappa shape index (κ3) is 5.61. The zero-order valence-electron chi connectivity index (χ0n) is 17.4. The molecule has 0 bridgehead atoms. The molecule has 0 saturated heterocycles.